The average Bonchev–Trinajstić information content (AvgIpc) is 2.36. The summed E-state index contributed by atoms with van der Waals surface area (Å²) in [7, 11) is 1.81. The SMILES string of the molecule is CNCc1ccc(-c2cc(C)c(Cl)cc2C)cc1F. The van der Waals surface area contributed by atoms with E-state index in [1.54, 1.807) is 13.1 Å². The van der Waals surface area contributed by atoms with E-state index in [-0.39, 0.29) is 5.82 Å². The first-order valence-electron chi connectivity index (χ1n) is 6.23. The molecule has 0 heterocycles. The predicted molar refractivity (Wildman–Crippen MR) is 79.1 cm³/mol. The Morgan fingerprint density at radius 3 is 2.47 bits per heavy atom. The highest BCUT2D eigenvalue weighted by molar-refractivity contribution is 6.31. The van der Waals surface area contributed by atoms with Crippen LogP contribution in [-0.2, 0) is 6.54 Å². The molecular formula is C16H17ClFN. The number of halogens is 2. The smallest absolute Gasteiger partial charge is 0.128 e. The van der Waals surface area contributed by atoms with E-state index in [4.69, 9.17) is 11.6 Å². The van der Waals surface area contributed by atoms with Gasteiger partial charge in [0.1, 0.15) is 5.82 Å². The summed E-state index contributed by atoms with van der Waals surface area (Å²) in [6.45, 7) is 4.47. The van der Waals surface area contributed by atoms with Crippen molar-refractivity contribution in [2.24, 2.45) is 0 Å². The Labute approximate surface area is 118 Å². The molecule has 2 aromatic carbocycles. The Bertz CT molecular complexity index is 608. The molecule has 1 nitrogen and oxygen atoms in total. The molecule has 19 heavy (non-hydrogen) atoms. The van der Waals surface area contributed by atoms with E-state index in [9.17, 15) is 4.39 Å². The molecule has 2 aromatic rings. The van der Waals surface area contributed by atoms with Gasteiger partial charge in [0.25, 0.3) is 0 Å². The second-order valence-corrected chi connectivity index (χ2v) is 5.16. The van der Waals surface area contributed by atoms with Gasteiger partial charge in [0.15, 0.2) is 0 Å². The molecule has 0 amide bonds. The van der Waals surface area contributed by atoms with Gasteiger partial charge in [0, 0.05) is 17.1 Å². The van der Waals surface area contributed by atoms with Crippen LogP contribution in [0.2, 0.25) is 5.02 Å². The van der Waals surface area contributed by atoms with Gasteiger partial charge in [-0.15, -0.1) is 0 Å². The lowest BCUT2D eigenvalue weighted by molar-refractivity contribution is 0.601. The van der Waals surface area contributed by atoms with Crippen molar-refractivity contribution in [2.75, 3.05) is 7.05 Å². The molecule has 0 radical (unpaired) electrons. The summed E-state index contributed by atoms with van der Waals surface area (Å²) < 4.78 is 14.0. The third-order valence-electron chi connectivity index (χ3n) is 3.24. The molecule has 3 heteroatoms. The van der Waals surface area contributed by atoms with Gasteiger partial charge in [0.2, 0.25) is 0 Å². The molecule has 0 aliphatic heterocycles. The van der Waals surface area contributed by atoms with Crippen molar-refractivity contribution >= 4 is 11.6 Å². The second-order valence-electron chi connectivity index (χ2n) is 4.75. The predicted octanol–water partition coefficient (Wildman–Crippen LogP) is 4.48. The number of hydrogen-bond donors (Lipinski definition) is 1. The summed E-state index contributed by atoms with van der Waals surface area (Å²) in [5, 5.41) is 3.70. The number of rotatable bonds is 3. The maximum atomic E-state index is 14.0. The largest absolute Gasteiger partial charge is 0.316 e. The molecule has 100 valence electrons. The molecule has 0 atom stereocenters. The maximum Gasteiger partial charge on any atom is 0.128 e. The number of aryl methyl sites for hydroxylation is 2. The molecule has 0 aromatic heterocycles. The van der Waals surface area contributed by atoms with E-state index in [1.165, 1.54) is 0 Å². The van der Waals surface area contributed by atoms with Crippen molar-refractivity contribution in [1.29, 1.82) is 0 Å². The van der Waals surface area contributed by atoms with Crippen LogP contribution in [0.3, 0.4) is 0 Å². The van der Waals surface area contributed by atoms with Gasteiger partial charge in [-0.1, -0.05) is 23.7 Å². The molecule has 0 fully saturated rings. The minimum Gasteiger partial charge on any atom is -0.316 e. The van der Waals surface area contributed by atoms with Crippen molar-refractivity contribution < 1.29 is 4.39 Å². The van der Waals surface area contributed by atoms with Crippen LogP contribution in [-0.4, -0.2) is 7.05 Å². The first-order chi connectivity index (χ1) is 9.02. The zero-order valence-electron chi connectivity index (χ0n) is 11.3. The van der Waals surface area contributed by atoms with Gasteiger partial charge in [-0.05, 0) is 61.3 Å². The fourth-order valence-electron chi connectivity index (χ4n) is 2.14. The molecule has 0 saturated carbocycles. The highest BCUT2D eigenvalue weighted by Crippen LogP contribution is 2.29. The molecule has 0 aliphatic rings. The normalized spacial score (nSPS) is 10.8. The summed E-state index contributed by atoms with van der Waals surface area (Å²) in [6.07, 6.45) is 0. The highest BCUT2D eigenvalue weighted by atomic mass is 35.5. The summed E-state index contributed by atoms with van der Waals surface area (Å²) in [5.41, 5.74) is 4.64. The van der Waals surface area contributed by atoms with Crippen molar-refractivity contribution in [3.63, 3.8) is 0 Å². The summed E-state index contributed by atoms with van der Waals surface area (Å²) in [5.74, 6) is -0.182. The zero-order chi connectivity index (χ0) is 14.0. The maximum absolute atomic E-state index is 14.0. The lowest BCUT2D eigenvalue weighted by Gasteiger charge is -2.11. The molecule has 1 N–H and O–H groups in total. The first-order valence-corrected chi connectivity index (χ1v) is 6.61. The Balaban J connectivity index is 2.48. The summed E-state index contributed by atoms with van der Waals surface area (Å²) in [4.78, 5) is 0. The molecule has 0 bridgehead atoms. The van der Waals surface area contributed by atoms with Crippen LogP contribution in [0.25, 0.3) is 11.1 Å². The molecule has 0 unspecified atom stereocenters. The number of benzene rings is 2. The fourth-order valence-corrected chi connectivity index (χ4v) is 2.36. The second kappa shape index (κ2) is 5.72. The van der Waals surface area contributed by atoms with Crippen LogP contribution in [0.1, 0.15) is 16.7 Å². The average molecular weight is 278 g/mol. The van der Waals surface area contributed by atoms with Crippen LogP contribution in [0.4, 0.5) is 4.39 Å². The molecular weight excluding hydrogens is 261 g/mol. The molecule has 0 saturated heterocycles. The van der Waals surface area contributed by atoms with Gasteiger partial charge in [0.05, 0.1) is 0 Å². The van der Waals surface area contributed by atoms with Gasteiger partial charge in [-0.2, -0.15) is 0 Å². The quantitative estimate of drug-likeness (QED) is 0.872. The van der Waals surface area contributed by atoms with Crippen molar-refractivity contribution in [3.8, 4) is 11.1 Å². The summed E-state index contributed by atoms with van der Waals surface area (Å²) >= 11 is 6.09. The van der Waals surface area contributed by atoms with Crippen LogP contribution in [0, 0.1) is 19.7 Å². The van der Waals surface area contributed by atoms with Crippen LogP contribution in [0.15, 0.2) is 30.3 Å². The van der Waals surface area contributed by atoms with Gasteiger partial charge in [-0.3, -0.25) is 0 Å². The van der Waals surface area contributed by atoms with Crippen LogP contribution >= 0.6 is 11.6 Å². The third kappa shape index (κ3) is 2.96. The Morgan fingerprint density at radius 1 is 1.11 bits per heavy atom. The van der Waals surface area contributed by atoms with Crippen molar-refractivity contribution in [1.82, 2.24) is 5.32 Å². The zero-order valence-corrected chi connectivity index (χ0v) is 12.1. The Hall–Kier alpha value is -1.38. The number of hydrogen-bond acceptors (Lipinski definition) is 1. The Kier molecular flexibility index (Phi) is 4.23. The van der Waals surface area contributed by atoms with Gasteiger partial charge >= 0.3 is 0 Å². The van der Waals surface area contributed by atoms with E-state index in [0.29, 0.717) is 12.1 Å². The first kappa shape index (κ1) is 14.0. The Morgan fingerprint density at radius 2 is 1.84 bits per heavy atom. The molecule has 0 aliphatic carbocycles. The third-order valence-corrected chi connectivity index (χ3v) is 3.64. The van der Waals surface area contributed by atoms with E-state index >= 15 is 0 Å². The van der Waals surface area contributed by atoms with Crippen LogP contribution < -0.4 is 5.32 Å². The van der Waals surface area contributed by atoms with E-state index in [0.717, 1.165) is 27.3 Å². The van der Waals surface area contributed by atoms with E-state index in [2.05, 4.69) is 5.32 Å². The number of nitrogens with one attached hydrogen (secondary N) is 1. The van der Waals surface area contributed by atoms with Gasteiger partial charge < -0.3 is 5.32 Å². The molecule has 2 rings (SSSR count). The van der Waals surface area contributed by atoms with E-state index in [1.807, 2.05) is 38.1 Å². The lowest BCUT2D eigenvalue weighted by Crippen LogP contribution is -2.06. The van der Waals surface area contributed by atoms with Crippen molar-refractivity contribution in [3.05, 3.63) is 57.9 Å². The molecule has 0 spiro atoms. The minimum atomic E-state index is -0.182. The van der Waals surface area contributed by atoms with E-state index < -0.39 is 0 Å². The summed E-state index contributed by atoms with van der Waals surface area (Å²) in [6, 6.07) is 9.29. The highest BCUT2D eigenvalue weighted by Gasteiger charge is 2.08. The fraction of sp³-hybridized carbons (Fsp3) is 0.250. The topological polar surface area (TPSA) is 12.0 Å². The van der Waals surface area contributed by atoms with Crippen molar-refractivity contribution in [2.45, 2.75) is 20.4 Å². The van der Waals surface area contributed by atoms with Crippen LogP contribution in [0.5, 0.6) is 0 Å². The monoisotopic (exact) mass is 277 g/mol. The lowest BCUT2D eigenvalue weighted by atomic mass is 9.97. The minimum absolute atomic E-state index is 0.182. The van der Waals surface area contributed by atoms with Gasteiger partial charge in [-0.25, -0.2) is 4.39 Å². The standard InChI is InChI=1S/C16H17ClFN/c1-10-7-15(17)11(2)6-14(10)12-4-5-13(9-19-3)16(18)8-12/h4-8,19H,9H2,1-3H3.